The van der Waals surface area contributed by atoms with E-state index in [0.717, 1.165) is 16.7 Å². The second-order valence-corrected chi connectivity index (χ2v) is 8.62. The molecular weight excluding hydrogens is 436 g/mol. The zero-order chi connectivity index (χ0) is 24.2. The van der Waals surface area contributed by atoms with Gasteiger partial charge in [-0.2, -0.15) is 0 Å². The summed E-state index contributed by atoms with van der Waals surface area (Å²) in [6, 6.07) is 14.3. The van der Waals surface area contributed by atoms with Crippen LogP contribution in [0.2, 0.25) is 0 Å². The third-order valence-corrected chi connectivity index (χ3v) is 6.30. The van der Waals surface area contributed by atoms with Gasteiger partial charge in [-0.3, -0.25) is 9.59 Å². The normalized spacial score (nSPS) is 22.8. The number of aryl methyl sites for hydroxylation is 1. The summed E-state index contributed by atoms with van der Waals surface area (Å²) >= 11 is 0. The van der Waals surface area contributed by atoms with Gasteiger partial charge < -0.3 is 29.9 Å². The predicted molar refractivity (Wildman–Crippen MR) is 125 cm³/mol. The molecule has 0 saturated heterocycles. The van der Waals surface area contributed by atoms with Crippen molar-refractivity contribution in [1.82, 2.24) is 10.2 Å². The van der Waals surface area contributed by atoms with Crippen LogP contribution in [0.15, 0.2) is 60.2 Å². The highest BCUT2D eigenvalue weighted by Gasteiger charge is 2.50. The van der Waals surface area contributed by atoms with Gasteiger partial charge in [0.2, 0.25) is 11.8 Å². The Labute approximate surface area is 198 Å². The number of hydrogen-bond donors (Lipinski definition) is 3. The molecule has 1 heterocycles. The number of nitrogens with zero attached hydrogens (tertiary/aromatic N) is 1. The predicted octanol–water partition coefficient (Wildman–Crippen LogP) is 1.29. The Morgan fingerprint density at radius 3 is 2.59 bits per heavy atom. The third kappa shape index (κ3) is 4.70. The summed E-state index contributed by atoms with van der Waals surface area (Å²) in [6.45, 7) is 1.95. The first-order valence-electron chi connectivity index (χ1n) is 11.3. The largest absolute Gasteiger partial charge is 0.486 e. The van der Waals surface area contributed by atoms with E-state index in [2.05, 4.69) is 5.32 Å². The second-order valence-electron chi connectivity index (χ2n) is 8.62. The van der Waals surface area contributed by atoms with Crippen LogP contribution in [-0.2, 0) is 20.9 Å². The van der Waals surface area contributed by atoms with Crippen molar-refractivity contribution in [3.8, 4) is 5.75 Å². The molecule has 4 atom stereocenters. The van der Waals surface area contributed by atoms with Crippen molar-refractivity contribution in [1.29, 1.82) is 0 Å². The van der Waals surface area contributed by atoms with Crippen LogP contribution in [0.5, 0.6) is 5.75 Å². The van der Waals surface area contributed by atoms with E-state index in [1.165, 1.54) is 12.0 Å². The van der Waals surface area contributed by atoms with Gasteiger partial charge in [-0.25, -0.2) is 0 Å². The second kappa shape index (κ2) is 10.4. The number of aliphatic hydroxyl groups is 2. The summed E-state index contributed by atoms with van der Waals surface area (Å²) in [5, 5.41) is 23.3. The first-order valence-corrected chi connectivity index (χ1v) is 11.3. The van der Waals surface area contributed by atoms with Crippen LogP contribution in [0.1, 0.15) is 22.6 Å². The molecule has 0 aromatic heterocycles. The highest BCUT2D eigenvalue weighted by atomic mass is 16.5. The van der Waals surface area contributed by atoms with Crippen LogP contribution in [-0.4, -0.2) is 72.0 Å². The summed E-state index contributed by atoms with van der Waals surface area (Å²) in [4.78, 5) is 27.8. The van der Waals surface area contributed by atoms with E-state index in [1.807, 2.05) is 49.4 Å². The van der Waals surface area contributed by atoms with Crippen molar-refractivity contribution in [2.24, 2.45) is 0 Å². The van der Waals surface area contributed by atoms with Crippen LogP contribution in [0.4, 0.5) is 0 Å². The molecule has 0 radical (unpaired) electrons. The number of methoxy groups -OCH3 is 1. The Hall–Kier alpha value is -3.20. The molecule has 180 valence electrons. The molecule has 1 aliphatic carbocycles. The number of ether oxygens (including phenoxy) is 2. The summed E-state index contributed by atoms with van der Waals surface area (Å²) in [7, 11) is 1.44. The number of rotatable bonds is 8. The van der Waals surface area contributed by atoms with E-state index in [-0.39, 0.29) is 38.1 Å². The molecule has 3 N–H and O–H groups in total. The quantitative estimate of drug-likeness (QED) is 0.541. The van der Waals surface area contributed by atoms with Gasteiger partial charge in [-0.1, -0.05) is 48.0 Å². The van der Waals surface area contributed by atoms with Gasteiger partial charge in [0.1, 0.15) is 24.6 Å². The fourth-order valence-electron chi connectivity index (χ4n) is 4.65. The zero-order valence-corrected chi connectivity index (χ0v) is 19.3. The van der Waals surface area contributed by atoms with Crippen molar-refractivity contribution in [2.45, 2.75) is 37.6 Å². The van der Waals surface area contributed by atoms with E-state index in [4.69, 9.17) is 9.47 Å². The smallest absolute Gasteiger partial charge is 0.249 e. The molecule has 0 fully saturated rings. The molecule has 8 nitrogen and oxygen atoms in total. The van der Waals surface area contributed by atoms with Crippen molar-refractivity contribution in [3.63, 3.8) is 0 Å². The summed E-state index contributed by atoms with van der Waals surface area (Å²) in [5.74, 6) is -0.561. The SMILES string of the molecule is COCC(=O)N(Cc1ccc(C)cc1)[C@@H]1C=C(C(=O)NCCO)[C@@H]2c3ccccc3O[C@@H]2[C@H]1O. The van der Waals surface area contributed by atoms with Crippen molar-refractivity contribution in [3.05, 3.63) is 76.9 Å². The lowest BCUT2D eigenvalue weighted by molar-refractivity contribution is -0.141. The van der Waals surface area contributed by atoms with E-state index >= 15 is 0 Å². The molecule has 0 saturated carbocycles. The monoisotopic (exact) mass is 466 g/mol. The molecule has 2 amide bonds. The number of carbonyl (C=O) groups is 2. The van der Waals surface area contributed by atoms with Gasteiger partial charge in [0.15, 0.2) is 0 Å². The van der Waals surface area contributed by atoms with Gasteiger partial charge in [0.05, 0.1) is 18.6 Å². The summed E-state index contributed by atoms with van der Waals surface area (Å²) < 4.78 is 11.2. The third-order valence-electron chi connectivity index (χ3n) is 6.30. The minimum atomic E-state index is -1.07. The molecule has 34 heavy (non-hydrogen) atoms. The average Bonchev–Trinajstić information content (AvgIpc) is 3.23. The lowest BCUT2D eigenvalue weighted by atomic mass is 9.77. The minimum Gasteiger partial charge on any atom is -0.486 e. The maximum Gasteiger partial charge on any atom is 0.249 e. The maximum absolute atomic E-state index is 13.1. The Morgan fingerprint density at radius 1 is 1.15 bits per heavy atom. The summed E-state index contributed by atoms with van der Waals surface area (Å²) in [5.41, 5.74) is 3.19. The van der Waals surface area contributed by atoms with Crippen molar-refractivity contribution < 1.29 is 29.3 Å². The average molecular weight is 467 g/mol. The molecule has 4 rings (SSSR count). The standard InChI is InChI=1S/C26H30N2O6/c1-16-7-9-17(10-8-16)14-28(22(30)15-33-2)20-13-19(26(32)27-11-12-29)23-18-5-3-4-6-21(18)34-25(23)24(20)31/h3-10,13,20,23-25,29,31H,11-12,14-15H2,1-2H3,(H,27,32)/t20-,23+,24+,25+/m1/s1. The first kappa shape index (κ1) is 23.9. The lowest BCUT2D eigenvalue weighted by Gasteiger charge is -2.40. The van der Waals surface area contributed by atoms with Gasteiger partial charge >= 0.3 is 0 Å². The van der Waals surface area contributed by atoms with Crippen LogP contribution >= 0.6 is 0 Å². The molecule has 0 spiro atoms. The molecular formula is C26H30N2O6. The molecule has 0 bridgehead atoms. The maximum atomic E-state index is 13.1. The lowest BCUT2D eigenvalue weighted by Crippen LogP contribution is -2.56. The number of carbonyl (C=O) groups excluding carboxylic acids is 2. The van der Waals surface area contributed by atoms with Gasteiger partial charge in [-0.05, 0) is 24.6 Å². The number of hydrogen-bond acceptors (Lipinski definition) is 6. The van der Waals surface area contributed by atoms with E-state index in [1.54, 1.807) is 12.1 Å². The molecule has 1 aliphatic heterocycles. The minimum absolute atomic E-state index is 0.0962. The Bertz CT molecular complexity index is 1070. The van der Waals surface area contributed by atoms with Crippen LogP contribution in [0.3, 0.4) is 0 Å². The zero-order valence-electron chi connectivity index (χ0n) is 19.3. The highest BCUT2D eigenvalue weighted by Crippen LogP contribution is 2.47. The van der Waals surface area contributed by atoms with Crippen LogP contribution < -0.4 is 10.1 Å². The van der Waals surface area contributed by atoms with E-state index in [9.17, 15) is 19.8 Å². The van der Waals surface area contributed by atoms with Crippen molar-refractivity contribution >= 4 is 11.8 Å². The number of para-hydroxylation sites is 1. The summed E-state index contributed by atoms with van der Waals surface area (Å²) in [6.07, 6.45) is -0.151. The molecule has 2 aromatic carbocycles. The number of aliphatic hydroxyl groups excluding tert-OH is 2. The topological polar surface area (TPSA) is 108 Å². The molecule has 8 heteroatoms. The number of nitrogens with one attached hydrogen (secondary N) is 1. The number of fused-ring (bicyclic) bond motifs is 3. The van der Waals surface area contributed by atoms with E-state index < -0.39 is 24.2 Å². The fraction of sp³-hybridized carbons (Fsp3) is 0.385. The highest BCUT2D eigenvalue weighted by molar-refractivity contribution is 5.96. The molecule has 0 unspecified atom stereocenters. The Morgan fingerprint density at radius 2 is 1.88 bits per heavy atom. The van der Waals surface area contributed by atoms with Gasteiger partial charge in [0, 0.05) is 31.3 Å². The van der Waals surface area contributed by atoms with E-state index in [0.29, 0.717) is 11.3 Å². The van der Waals surface area contributed by atoms with Gasteiger partial charge in [0.25, 0.3) is 0 Å². The van der Waals surface area contributed by atoms with Crippen LogP contribution in [0, 0.1) is 6.92 Å². The number of benzene rings is 2. The first-order chi connectivity index (χ1) is 16.4. The Kier molecular flexibility index (Phi) is 7.31. The van der Waals surface area contributed by atoms with Crippen LogP contribution in [0.25, 0.3) is 0 Å². The van der Waals surface area contributed by atoms with Gasteiger partial charge in [-0.15, -0.1) is 0 Å². The fourth-order valence-corrected chi connectivity index (χ4v) is 4.65. The van der Waals surface area contributed by atoms with Crippen molar-refractivity contribution in [2.75, 3.05) is 26.9 Å². The molecule has 2 aromatic rings. The Balaban J connectivity index is 1.74. The number of amides is 2. The molecule has 2 aliphatic rings.